The summed E-state index contributed by atoms with van der Waals surface area (Å²) < 4.78 is 22.2. The number of sulfone groups is 1. The van der Waals surface area contributed by atoms with Crippen molar-refractivity contribution in [2.45, 2.75) is 12.8 Å². The second kappa shape index (κ2) is 6.21. The molecule has 0 bridgehead atoms. The van der Waals surface area contributed by atoms with E-state index in [9.17, 15) is 8.42 Å². The van der Waals surface area contributed by atoms with E-state index in [1.165, 1.54) is 6.26 Å². The lowest BCUT2D eigenvalue weighted by molar-refractivity contribution is 0.602. The summed E-state index contributed by atoms with van der Waals surface area (Å²) in [7, 11) is -1.26. The van der Waals surface area contributed by atoms with Crippen LogP contribution in [0, 0.1) is 0 Å². The Kier molecular flexibility index (Phi) is 4.58. The van der Waals surface area contributed by atoms with Crippen molar-refractivity contribution in [3.63, 3.8) is 0 Å². The molecule has 0 aliphatic carbocycles. The van der Waals surface area contributed by atoms with Crippen LogP contribution in [-0.4, -0.2) is 62.1 Å². The largest absolute Gasteiger partial charge is 0.357 e. The standard InChI is InChI=1S/C11H20N6O2S/c1-12-9-14-10(13-5-8-20(2,18)19)16-11(15-9)17-6-3-4-7-17/h3-8H2,1-2H3,(H2,12,13,14,15,16). The molecule has 0 radical (unpaired) electrons. The molecule has 0 atom stereocenters. The zero-order valence-corrected chi connectivity index (χ0v) is 12.6. The molecule has 20 heavy (non-hydrogen) atoms. The van der Waals surface area contributed by atoms with Gasteiger partial charge in [-0.25, -0.2) is 8.42 Å². The van der Waals surface area contributed by atoms with Crippen molar-refractivity contribution >= 4 is 27.7 Å². The zero-order valence-electron chi connectivity index (χ0n) is 11.8. The Morgan fingerprint density at radius 3 is 2.40 bits per heavy atom. The molecule has 9 heteroatoms. The first-order valence-corrected chi connectivity index (χ1v) is 8.64. The Bertz CT molecular complexity index is 556. The maximum atomic E-state index is 11.1. The number of nitrogens with zero attached hydrogens (tertiary/aromatic N) is 4. The van der Waals surface area contributed by atoms with Crippen molar-refractivity contribution in [2.75, 3.05) is 54.2 Å². The summed E-state index contributed by atoms with van der Waals surface area (Å²) in [6.45, 7) is 2.16. The average molecular weight is 300 g/mol. The van der Waals surface area contributed by atoms with Crippen LogP contribution in [0.3, 0.4) is 0 Å². The molecule has 0 amide bonds. The molecule has 0 saturated carbocycles. The van der Waals surface area contributed by atoms with Gasteiger partial charge >= 0.3 is 0 Å². The third kappa shape index (κ3) is 4.19. The highest BCUT2D eigenvalue weighted by Crippen LogP contribution is 2.18. The van der Waals surface area contributed by atoms with Crippen LogP contribution in [0.15, 0.2) is 0 Å². The molecular weight excluding hydrogens is 280 g/mol. The molecule has 1 aliphatic rings. The van der Waals surface area contributed by atoms with Crippen LogP contribution in [0.5, 0.6) is 0 Å². The SMILES string of the molecule is CNc1nc(NCCS(C)(=O)=O)nc(N2CCCC2)n1. The zero-order chi connectivity index (χ0) is 14.6. The predicted molar refractivity (Wildman–Crippen MR) is 79.0 cm³/mol. The summed E-state index contributed by atoms with van der Waals surface area (Å²) in [5.41, 5.74) is 0. The van der Waals surface area contributed by atoms with Crippen molar-refractivity contribution in [1.29, 1.82) is 0 Å². The van der Waals surface area contributed by atoms with Gasteiger partial charge in [0.25, 0.3) is 0 Å². The van der Waals surface area contributed by atoms with Gasteiger partial charge in [-0.05, 0) is 12.8 Å². The lowest BCUT2D eigenvalue weighted by Gasteiger charge is -2.16. The minimum Gasteiger partial charge on any atom is -0.357 e. The Hall–Kier alpha value is -1.64. The second-order valence-corrected chi connectivity index (χ2v) is 7.04. The van der Waals surface area contributed by atoms with E-state index < -0.39 is 9.84 Å². The fourth-order valence-electron chi connectivity index (χ4n) is 1.96. The number of nitrogens with one attached hydrogen (secondary N) is 2. The number of hydrogen-bond donors (Lipinski definition) is 2. The molecule has 2 heterocycles. The highest BCUT2D eigenvalue weighted by atomic mass is 32.2. The number of hydrogen-bond acceptors (Lipinski definition) is 8. The van der Waals surface area contributed by atoms with Gasteiger partial charge in [0.15, 0.2) is 0 Å². The predicted octanol–water partition coefficient (Wildman–Crippen LogP) is -0.0300. The van der Waals surface area contributed by atoms with Crippen LogP contribution in [-0.2, 0) is 9.84 Å². The van der Waals surface area contributed by atoms with E-state index in [0.29, 0.717) is 17.8 Å². The fourth-order valence-corrected chi connectivity index (χ4v) is 2.44. The molecule has 1 saturated heterocycles. The molecule has 1 fully saturated rings. The van der Waals surface area contributed by atoms with Crippen LogP contribution >= 0.6 is 0 Å². The van der Waals surface area contributed by atoms with E-state index in [-0.39, 0.29) is 12.3 Å². The van der Waals surface area contributed by atoms with Crippen molar-refractivity contribution in [1.82, 2.24) is 15.0 Å². The van der Waals surface area contributed by atoms with E-state index in [0.717, 1.165) is 25.9 Å². The van der Waals surface area contributed by atoms with Crippen molar-refractivity contribution in [3.8, 4) is 0 Å². The van der Waals surface area contributed by atoms with Gasteiger partial charge in [-0.3, -0.25) is 0 Å². The molecule has 2 N–H and O–H groups in total. The van der Waals surface area contributed by atoms with Crippen molar-refractivity contribution < 1.29 is 8.42 Å². The number of anilines is 3. The van der Waals surface area contributed by atoms with Gasteiger partial charge in [-0.15, -0.1) is 0 Å². The summed E-state index contributed by atoms with van der Waals surface area (Å²) in [5.74, 6) is 1.55. The molecule has 2 rings (SSSR count). The van der Waals surface area contributed by atoms with Gasteiger partial charge in [-0.2, -0.15) is 15.0 Å². The summed E-state index contributed by atoms with van der Waals surface area (Å²) in [6, 6.07) is 0. The minimum atomic E-state index is -3.00. The number of aromatic nitrogens is 3. The van der Waals surface area contributed by atoms with Gasteiger partial charge < -0.3 is 15.5 Å². The third-order valence-electron chi connectivity index (χ3n) is 2.99. The molecule has 0 spiro atoms. The summed E-state index contributed by atoms with van der Waals surface area (Å²) in [5, 5.41) is 5.82. The molecular formula is C11H20N6O2S. The van der Waals surface area contributed by atoms with Crippen LogP contribution < -0.4 is 15.5 Å². The van der Waals surface area contributed by atoms with E-state index in [1.54, 1.807) is 7.05 Å². The van der Waals surface area contributed by atoms with Gasteiger partial charge in [0.05, 0.1) is 5.75 Å². The average Bonchev–Trinajstić information content (AvgIpc) is 2.90. The summed E-state index contributed by atoms with van der Waals surface area (Å²) >= 11 is 0. The quantitative estimate of drug-likeness (QED) is 0.755. The first-order valence-electron chi connectivity index (χ1n) is 6.58. The van der Waals surface area contributed by atoms with Gasteiger partial charge in [0.1, 0.15) is 9.84 Å². The van der Waals surface area contributed by atoms with Crippen LogP contribution in [0.2, 0.25) is 0 Å². The first-order chi connectivity index (χ1) is 9.48. The molecule has 0 aromatic carbocycles. The van der Waals surface area contributed by atoms with Crippen molar-refractivity contribution in [3.05, 3.63) is 0 Å². The maximum Gasteiger partial charge on any atom is 0.231 e. The lowest BCUT2D eigenvalue weighted by atomic mass is 10.4. The molecule has 1 aliphatic heterocycles. The molecule has 0 unspecified atom stereocenters. The first kappa shape index (κ1) is 14.8. The molecule has 1 aromatic rings. The second-order valence-electron chi connectivity index (χ2n) is 4.78. The van der Waals surface area contributed by atoms with E-state index in [4.69, 9.17) is 0 Å². The van der Waals surface area contributed by atoms with Gasteiger partial charge in [-0.1, -0.05) is 0 Å². The van der Waals surface area contributed by atoms with E-state index >= 15 is 0 Å². The highest BCUT2D eigenvalue weighted by Gasteiger charge is 2.17. The third-order valence-corrected chi connectivity index (χ3v) is 3.94. The minimum absolute atomic E-state index is 0.0482. The monoisotopic (exact) mass is 300 g/mol. The Morgan fingerprint density at radius 1 is 1.15 bits per heavy atom. The van der Waals surface area contributed by atoms with E-state index in [2.05, 4.69) is 30.5 Å². The van der Waals surface area contributed by atoms with Crippen LogP contribution in [0.4, 0.5) is 17.8 Å². The highest BCUT2D eigenvalue weighted by molar-refractivity contribution is 7.90. The molecule has 112 valence electrons. The van der Waals surface area contributed by atoms with Crippen LogP contribution in [0.1, 0.15) is 12.8 Å². The summed E-state index contributed by atoms with van der Waals surface area (Å²) in [4.78, 5) is 14.9. The number of rotatable bonds is 6. The van der Waals surface area contributed by atoms with Crippen LogP contribution in [0.25, 0.3) is 0 Å². The lowest BCUT2D eigenvalue weighted by Crippen LogP contribution is -2.23. The Labute approximate surface area is 118 Å². The Morgan fingerprint density at radius 2 is 1.80 bits per heavy atom. The van der Waals surface area contributed by atoms with Gasteiger partial charge in [0, 0.05) is 32.9 Å². The normalized spacial score (nSPS) is 15.4. The van der Waals surface area contributed by atoms with E-state index in [1.807, 2.05) is 0 Å². The Balaban J connectivity index is 2.09. The molecule has 8 nitrogen and oxygen atoms in total. The molecule has 1 aromatic heterocycles. The smallest absolute Gasteiger partial charge is 0.231 e. The fraction of sp³-hybridized carbons (Fsp3) is 0.727. The topological polar surface area (TPSA) is 100 Å². The maximum absolute atomic E-state index is 11.1. The summed E-state index contributed by atoms with van der Waals surface area (Å²) in [6.07, 6.45) is 3.48. The van der Waals surface area contributed by atoms with Crippen molar-refractivity contribution in [2.24, 2.45) is 0 Å². The van der Waals surface area contributed by atoms with Gasteiger partial charge in [0.2, 0.25) is 17.8 Å².